The molecule has 1 saturated heterocycles. The van der Waals surface area contributed by atoms with E-state index in [1.807, 2.05) is 11.4 Å². The van der Waals surface area contributed by atoms with Gasteiger partial charge in [0.25, 0.3) is 5.69 Å². The number of hydrogen-bond acceptors (Lipinski definition) is 5. The van der Waals surface area contributed by atoms with Crippen molar-refractivity contribution in [2.24, 2.45) is 0 Å². The van der Waals surface area contributed by atoms with Crippen LogP contribution in [-0.4, -0.2) is 24.6 Å². The number of benzene rings is 1. The van der Waals surface area contributed by atoms with E-state index >= 15 is 0 Å². The Labute approximate surface area is 134 Å². The largest absolute Gasteiger partial charge is 0.369 e. The molecule has 5 nitrogen and oxygen atoms in total. The topological polar surface area (TPSA) is 55.6 Å². The smallest absolute Gasteiger partial charge is 0.270 e. The maximum Gasteiger partial charge on any atom is 0.270 e. The number of nitro groups is 1. The van der Waals surface area contributed by atoms with Crippen LogP contribution in [-0.2, 0) is 4.74 Å². The van der Waals surface area contributed by atoms with E-state index in [4.69, 9.17) is 4.74 Å². The molecule has 1 aromatic heterocycles. The van der Waals surface area contributed by atoms with Crippen LogP contribution in [0.25, 0.3) is 0 Å². The average molecular weight is 369 g/mol. The number of halogens is 1. The Hall–Kier alpha value is -1.44. The number of nitro benzene ring substituents is 1. The predicted octanol–water partition coefficient (Wildman–Crippen LogP) is 4.00. The molecule has 1 aromatic carbocycles. The summed E-state index contributed by atoms with van der Waals surface area (Å²) >= 11 is 5.12. The molecule has 0 spiro atoms. The van der Waals surface area contributed by atoms with E-state index in [0.29, 0.717) is 6.61 Å². The fraction of sp³-hybridized carbons (Fsp3) is 0.286. The van der Waals surface area contributed by atoms with Gasteiger partial charge in [-0.25, -0.2) is 0 Å². The van der Waals surface area contributed by atoms with Gasteiger partial charge < -0.3 is 9.64 Å². The first-order valence-electron chi connectivity index (χ1n) is 6.49. The van der Waals surface area contributed by atoms with E-state index in [0.717, 1.165) is 23.2 Å². The van der Waals surface area contributed by atoms with Crippen molar-refractivity contribution in [3.05, 3.63) is 55.2 Å². The van der Waals surface area contributed by atoms with Crippen molar-refractivity contribution in [2.45, 2.75) is 6.10 Å². The maximum absolute atomic E-state index is 10.8. The number of nitrogens with zero attached hydrogens (tertiary/aromatic N) is 2. The summed E-state index contributed by atoms with van der Waals surface area (Å²) in [6.07, 6.45) is 0.0563. The van der Waals surface area contributed by atoms with E-state index in [1.54, 1.807) is 23.5 Å². The summed E-state index contributed by atoms with van der Waals surface area (Å²) in [5.74, 6) is 0. The zero-order chi connectivity index (χ0) is 14.8. The van der Waals surface area contributed by atoms with Crippen LogP contribution < -0.4 is 4.90 Å². The Bertz CT molecular complexity index is 648. The third-order valence-electron chi connectivity index (χ3n) is 3.41. The van der Waals surface area contributed by atoms with Gasteiger partial charge in [0.15, 0.2) is 0 Å². The quantitative estimate of drug-likeness (QED) is 0.606. The van der Waals surface area contributed by atoms with Gasteiger partial charge in [0.05, 0.1) is 17.2 Å². The highest BCUT2D eigenvalue weighted by molar-refractivity contribution is 9.10. The van der Waals surface area contributed by atoms with Crippen LogP contribution in [0.5, 0.6) is 0 Å². The molecule has 1 fully saturated rings. The highest BCUT2D eigenvalue weighted by Gasteiger charge is 2.24. The molecule has 0 amide bonds. The standard InChI is InChI=1S/C14H13BrN2O3S/c15-11-8-10(17(18)19)3-4-12(11)16-5-6-20-13(9-16)14-2-1-7-21-14/h1-4,7-8,13H,5-6,9H2. The van der Waals surface area contributed by atoms with Crippen molar-refractivity contribution in [1.82, 2.24) is 0 Å². The molecule has 0 radical (unpaired) electrons. The number of ether oxygens (including phenoxy) is 1. The number of anilines is 1. The van der Waals surface area contributed by atoms with Crippen molar-refractivity contribution in [3.63, 3.8) is 0 Å². The summed E-state index contributed by atoms with van der Waals surface area (Å²) in [6, 6.07) is 8.97. The third kappa shape index (κ3) is 3.09. The first-order valence-corrected chi connectivity index (χ1v) is 8.16. The Kier molecular flexibility index (Phi) is 4.23. The lowest BCUT2D eigenvalue weighted by Gasteiger charge is -2.34. The fourth-order valence-electron chi connectivity index (χ4n) is 2.38. The Morgan fingerprint density at radius 3 is 2.95 bits per heavy atom. The minimum absolute atomic E-state index is 0.0563. The summed E-state index contributed by atoms with van der Waals surface area (Å²) in [5.41, 5.74) is 1.05. The van der Waals surface area contributed by atoms with Gasteiger partial charge in [0, 0.05) is 34.6 Å². The van der Waals surface area contributed by atoms with Crippen molar-refractivity contribution in [1.29, 1.82) is 0 Å². The minimum Gasteiger partial charge on any atom is -0.369 e. The van der Waals surface area contributed by atoms with Crippen LogP contribution in [0.3, 0.4) is 0 Å². The second-order valence-electron chi connectivity index (χ2n) is 4.71. The molecule has 3 rings (SSSR count). The monoisotopic (exact) mass is 368 g/mol. The lowest BCUT2D eigenvalue weighted by Crippen LogP contribution is -2.38. The van der Waals surface area contributed by atoms with Crippen LogP contribution in [0.4, 0.5) is 11.4 Å². The summed E-state index contributed by atoms with van der Waals surface area (Å²) in [6.45, 7) is 2.17. The lowest BCUT2D eigenvalue weighted by atomic mass is 10.2. The maximum atomic E-state index is 10.8. The minimum atomic E-state index is -0.387. The van der Waals surface area contributed by atoms with E-state index in [-0.39, 0.29) is 16.7 Å². The summed E-state index contributed by atoms with van der Waals surface area (Å²) < 4.78 is 6.56. The van der Waals surface area contributed by atoms with Gasteiger partial charge in [-0.15, -0.1) is 11.3 Å². The van der Waals surface area contributed by atoms with Gasteiger partial charge >= 0.3 is 0 Å². The zero-order valence-electron chi connectivity index (χ0n) is 11.1. The Morgan fingerprint density at radius 2 is 2.29 bits per heavy atom. The molecule has 1 unspecified atom stereocenters. The number of rotatable bonds is 3. The zero-order valence-corrected chi connectivity index (χ0v) is 13.5. The molecule has 110 valence electrons. The van der Waals surface area contributed by atoms with Crippen LogP contribution in [0, 0.1) is 10.1 Å². The van der Waals surface area contributed by atoms with Crippen molar-refractivity contribution in [2.75, 3.05) is 24.6 Å². The van der Waals surface area contributed by atoms with Crippen LogP contribution in [0.2, 0.25) is 0 Å². The summed E-state index contributed by atoms with van der Waals surface area (Å²) in [4.78, 5) is 13.8. The average Bonchev–Trinajstić information content (AvgIpc) is 3.01. The summed E-state index contributed by atoms with van der Waals surface area (Å²) in [5, 5.41) is 12.8. The van der Waals surface area contributed by atoms with E-state index in [2.05, 4.69) is 26.9 Å². The molecule has 0 aliphatic carbocycles. The molecule has 0 saturated carbocycles. The first-order chi connectivity index (χ1) is 10.1. The fourth-order valence-corrected chi connectivity index (χ4v) is 3.76. The molecule has 21 heavy (non-hydrogen) atoms. The normalized spacial score (nSPS) is 18.7. The van der Waals surface area contributed by atoms with Gasteiger partial charge in [0.2, 0.25) is 0 Å². The molecular formula is C14H13BrN2O3S. The molecule has 1 aliphatic heterocycles. The highest BCUT2D eigenvalue weighted by Crippen LogP contribution is 2.34. The second kappa shape index (κ2) is 6.13. The molecular weight excluding hydrogens is 356 g/mol. The lowest BCUT2D eigenvalue weighted by molar-refractivity contribution is -0.384. The molecule has 2 aromatic rings. The SMILES string of the molecule is O=[N+]([O-])c1ccc(N2CCOC(c3cccs3)C2)c(Br)c1. The van der Waals surface area contributed by atoms with Crippen molar-refractivity contribution >= 4 is 38.6 Å². The number of morpholine rings is 1. The predicted molar refractivity (Wildman–Crippen MR) is 86.0 cm³/mol. The number of non-ortho nitro benzene ring substituents is 1. The molecule has 7 heteroatoms. The Morgan fingerprint density at radius 1 is 1.43 bits per heavy atom. The van der Waals surface area contributed by atoms with Crippen LogP contribution >= 0.6 is 27.3 Å². The Balaban J connectivity index is 1.82. The molecule has 1 aliphatic rings. The number of thiophene rings is 1. The van der Waals surface area contributed by atoms with Gasteiger partial charge in [-0.2, -0.15) is 0 Å². The third-order valence-corrected chi connectivity index (χ3v) is 5.01. The summed E-state index contributed by atoms with van der Waals surface area (Å²) in [7, 11) is 0. The van der Waals surface area contributed by atoms with Gasteiger partial charge in [-0.05, 0) is 33.4 Å². The molecule has 0 N–H and O–H groups in total. The van der Waals surface area contributed by atoms with E-state index < -0.39 is 0 Å². The van der Waals surface area contributed by atoms with Gasteiger partial charge in [-0.1, -0.05) is 6.07 Å². The molecule has 1 atom stereocenters. The van der Waals surface area contributed by atoms with Crippen molar-refractivity contribution < 1.29 is 9.66 Å². The first kappa shape index (κ1) is 14.5. The van der Waals surface area contributed by atoms with E-state index in [9.17, 15) is 10.1 Å². The number of hydrogen-bond donors (Lipinski definition) is 0. The van der Waals surface area contributed by atoms with Gasteiger partial charge in [0.1, 0.15) is 6.10 Å². The highest BCUT2D eigenvalue weighted by atomic mass is 79.9. The van der Waals surface area contributed by atoms with Gasteiger partial charge in [-0.3, -0.25) is 10.1 Å². The molecule has 0 bridgehead atoms. The second-order valence-corrected chi connectivity index (χ2v) is 6.55. The van der Waals surface area contributed by atoms with Crippen LogP contribution in [0.1, 0.15) is 11.0 Å². The molecule has 2 heterocycles. The van der Waals surface area contributed by atoms with Crippen LogP contribution in [0.15, 0.2) is 40.2 Å². The van der Waals surface area contributed by atoms with E-state index in [1.165, 1.54) is 10.9 Å². The van der Waals surface area contributed by atoms with Crippen molar-refractivity contribution in [3.8, 4) is 0 Å².